The van der Waals surface area contributed by atoms with Gasteiger partial charge in [0.15, 0.2) is 19.7 Å². The molecule has 0 rings (SSSR count). The number of aliphatic hydroxyl groups excluding tert-OH is 1. The Kier molecular flexibility index (Phi) is 16.9. The first-order valence-electron chi connectivity index (χ1n) is 11.9. The van der Waals surface area contributed by atoms with Gasteiger partial charge < -0.3 is 14.6 Å². The summed E-state index contributed by atoms with van der Waals surface area (Å²) in [6.45, 7) is 7.59. The molecule has 0 saturated heterocycles. The van der Waals surface area contributed by atoms with Gasteiger partial charge in [0.05, 0.1) is 13.2 Å². The van der Waals surface area contributed by atoms with Crippen LogP contribution in [0.3, 0.4) is 0 Å². The third-order valence-corrected chi connectivity index (χ3v) is 6.20. The van der Waals surface area contributed by atoms with Crippen molar-refractivity contribution < 1.29 is 19.4 Å². The van der Waals surface area contributed by atoms with Crippen molar-refractivity contribution in [2.45, 2.75) is 122 Å². The number of Topliss-reactive ketones (excluding diaryl/α,β-unsaturated/α-hetero) is 1. The number of ketones is 1. The highest BCUT2D eigenvalue weighted by Gasteiger charge is 2.36. The van der Waals surface area contributed by atoms with Crippen LogP contribution < -0.4 is 0 Å². The number of hydrogen-bond acceptors (Lipinski definition) is 4. The summed E-state index contributed by atoms with van der Waals surface area (Å²) in [5.41, 5.74) is -1.74. The van der Waals surface area contributed by atoms with Crippen LogP contribution in [0, 0.1) is 0 Å². The third kappa shape index (κ3) is 16.9. The maximum Gasteiger partial charge on any atom is 0.183 e. The van der Waals surface area contributed by atoms with E-state index in [0.29, 0.717) is 6.42 Å². The van der Waals surface area contributed by atoms with Crippen molar-refractivity contribution in [3.8, 4) is 0 Å². The normalized spacial score (nSPS) is 14.4. The predicted molar refractivity (Wildman–Crippen MR) is 126 cm³/mol. The SMILES string of the molecule is CCCCCCCC/C=C\CCCCCCCC(=O)C(O)(CO)CO[Si](C)(C)C. The topological polar surface area (TPSA) is 66.8 Å². The van der Waals surface area contributed by atoms with Crippen molar-refractivity contribution in [2.75, 3.05) is 13.2 Å². The van der Waals surface area contributed by atoms with E-state index in [1.807, 2.05) is 19.6 Å². The van der Waals surface area contributed by atoms with Crippen LogP contribution in [0.2, 0.25) is 19.6 Å². The standard InChI is InChI=1S/C24H48O4Si/c1-5-6-7-8-9-10-11-12-13-14-15-16-17-18-19-20-23(26)24(27,21-25)22-28-29(2,3)4/h12-13,25,27H,5-11,14-22H2,1-4H3/b13-12-. The quantitative estimate of drug-likeness (QED) is 0.138. The van der Waals surface area contributed by atoms with Gasteiger partial charge in [-0.15, -0.1) is 0 Å². The van der Waals surface area contributed by atoms with Gasteiger partial charge in [-0.3, -0.25) is 4.79 Å². The van der Waals surface area contributed by atoms with E-state index in [0.717, 1.165) is 25.7 Å². The molecule has 0 aliphatic carbocycles. The lowest BCUT2D eigenvalue weighted by Crippen LogP contribution is -2.49. The Morgan fingerprint density at radius 2 is 1.34 bits per heavy atom. The zero-order chi connectivity index (χ0) is 22.0. The van der Waals surface area contributed by atoms with E-state index in [9.17, 15) is 15.0 Å². The van der Waals surface area contributed by atoms with E-state index in [1.165, 1.54) is 57.8 Å². The molecule has 0 spiro atoms. The Hall–Kier alpha value is -0.493. The maximum atomic E-state index is 12.3. The van der Waals surface area contributed by atoms with Crippen LogP contribution in [-0.2, 0) is 9.22 Å². The molecule has 172 valence electrons. The first-order chi connectivity index (χ1) is 13.7. The maximum absolute atomic E-state index is 12.3. The molecule has 1 atom stereocenters. The molecule has 2 N–H and O–H groups in total. The summed E-state index contributed by atoms with van der Waals surface area (Å²) in [7, 11) is -1.83. The van der Waals surface area contributed by atoms with Gasteiger partial charge in [-0.05, 0) is 51.7 Å². The zero-order valence-corrected chi connectivity index (χ0v) is 20.7. The van der Waals surface area contributed by atoms with E-state index in [2.05, 4.69) is 19.1 Å². The second-order valence-corrected chi connectivity index (χ2v) is 13.9. The molecule has 0 aromatic rings. The van der Waals surface area contributed by atoms with E-state index in [-0.39, 0.29) is 12.4 Å². The lowest BCUT2D eigenvalue weighted by molar-refractivity contribution is -0.145. The van der Waals surface area contributed by atoms with Gasteiger partial charge in [0.2, 0.25) is 0 Å². The summed E-state index contributed by atoms with van der Waals surface area (Å²) in [5.74, 6) is -0.295. The third-order valence-electron chi connectivity index (χ3n) is 5.19. The fourth-order valence-electron chi connectivity index (χ4n) is 3.14. The van der Waals surface area contributed by atoms with Crippen molar-refractivity contribution in [1.82, 2.24) is 0 Å². The minimum Gasteiger partial charge on any atom is -0.414 e. The Bertz CT molecular complexity index is 431. The highest BCUT2D eigenvalue weighted by molar-refractivity contribution is 6.69. The average molecular weight is 429 g/mol. The van der Waals surface area contributed by atoms with Crippen LogP contribution in [0.1, 0.15) is 96.8 Å². The van der Waals surface area contributed by atoms with Crippen LogP contribution in [0.5, 0.6) is 0 Å². The number of allylic oxidation sites excluding steroid dienone is 2. The molecule has 4 nitrogen and oxygen atoms in total. The first kappa shape index (κ1) is 28.5. The molecule has 0 amide bonds. The summed E-state index contributed by atoms with van der Waals surface area (Å²) >= 11 is 0. The van der Waals surface area contributed by atoms with Gasteiger partial charge in [0.25, 0.3) is 0 Å². The van der Waals surface area contributed by atoms with Gasteiger partial charge in [0, 0.05) is 6.42 Å². The zero-order valence-electron chi connectivity index (χ0n) is 19.7. The molecule has 0 aromatic carbocycles. The van der Waals surface area contributed by atoms with Gasteiger partial charge in [0.1, 0.15) is 0 Å². The number of unbranched alkanes of at least 4 members (excludes halogenated alkanes) is 11. The van der Waals surface area contributed by atoms with Crippen LogP contribution >= 0.6 is 0 Å². The molecule has 0 bridgehead atoms. The number of hydrogen-bond donors (Lipinski definition) is 2. The predicted octanol–water partition coefficient (Wildman–Crippen LogP) is 6.17. The smallest absolute Gasteiger partial charge is 0.183 e. The second-order valence-electron chi connectivity index (χ2n) is 9.35. The highest BCUT2D eigenvalue weighted by atomic mass is 28.4. The second kappa shape index (κ2) is 17.2. The number of rotatable bonds is 20. The summed E-state index contributed by atoms with van der Waals surface area (Å²) in [6.07, 6.45) is 20.7. The average Bonchev–Trinajstić information content (AvgIpc) is 2.68. The number of aliphatic hydroxyl groups is 2. The summed E-state index contributed by atoms with van der Waals surface area (Å²) in [4.78, 5) is 12.3. The molecular formula is C24H48O4Si. The minimum absolute atomic E-state index is 0.0941. The molecule has 29 heavy (non-hydrogen) atoms. The fourth-order valence-corrected chi connectivity index (χ4v) is 3.81. The number of carbonyl (C=O) groups is 1. The molecule has 0 saturated carbocycles. The van der Waals surface area contributed by atoms with Crippen LogP contribution in [0.4, 0.5) is 0 Å². The summed E-state index contributed by atoms with van der Waals surface area (Å²) < 4.78 is 5.64. The fraction of sp³-hybridized carbons (Fsp3) is 0.875. The van der Waals surface area contributed by atoms with E-state index in [4.69, 9.17) is 4.43 Å². The minimum atomic E-state index is -1.83. The van der Waals surface area contributed by atoms with Crippen molar-refractivity contribution in [2.24, 2.45) is 0 Å². The van der Waals surface area contributed by atoms with Crippen LogP contribution in [0.25, 0.3) is 0 Å². The molecule has 0 radical (unpaired) electrons. The van der Waals surface area contributed by atoms with Crippen molar-refractivity contribution >= 4 is 14.1 Å². The van der Waals surface area contributed by atoms with Crippen molar-refractivity contribution in [1.29, 1.82) is 0 Å². The molecule has 0 aliphatic heterocycles. The van der Waals surface area contributed by atoms with Crippen molar-refractivity contribution in [3.63, 3.8) is 0 Å². The molecule has 0 fully saturated rings. The largest absolute Gasteiger partial charge is 0.414 e. The molecule has 0 aliphatic rings. The molecule has 0 heterocycles. The lowest BCUT2D eigenvalue weighted by Gasteiger charge is -2.28. The number of carbonyl (C=O) groups excluding carboxylic acids is 1. The highest BCUT2D eigenvalue weighted by Crippen LogP contribution is 2.16. The van der Waals surface area contributed by atoms with Gasteiger partial charge in [-0.2, -0.15) is 0 Å². The van der Waals surface area contributed by atoms with Crippen LogP contribution in [-0.4, -0.2) is 43.1 Å². The Morgan fingerprint density at radius 1 is 0.862 bits per heavy atom. The summed E-state index contributed by atoms with van der Waals surface area (Å²) in [6, 6.07) is 0. The Labute approximate surface area is 181 Å². The molecule has 5 heteroatoms. The monoisotopic (exact) mass is 428 g/mol. The first-order valence-corrected chi connectivity index (χ1v) is 15.3. The van der Waals surface area contributed by atoms with Crippen LogP contribution in [0.15, 0.2) is 12.2 Å². The lowest BCUT2D eigenvalue weighted by atomic mass is 9.95. The molecule has 1 unspecified atom stereocenters. The van der Waals surface area contributed by atoms with Gasteiger partial charge in [-0.25, -0.2) is 0 Å². The van der Waals surface area contributed by atoms with Gasteiger partial charge >= 0.3 is 0 Å². The van der Waals surface area contributed by atoms with Crippen molar-refractivity contribution in [3.05, 3.63) is 12.2 Å². The summed E-state index contributed by atoms with van der Waals surface area (Å²) in [5, 5.41) is 19.8. The molecular weight excluding hydrogens is 380 g/mol. The van der Waals surface area contributed by atoms with E-state index < -0.39 is 20.5 Å². The molecule has 0 aromatic heterocycles. The Morgan fingerprint density at radius 3 is 1.83 bits per heavy atom. The van der Waals surface area contributed by atoms with E-state index in [1.54, 1.807) is 0 Å². The van der Waals surface area contributed by atoms with E-state index >= 15 is 0 Å². The van der Waals surface area contributed by atoms with Gasteiger partial charge in [-0.1, -0.05) is 70.4 Å². The Balaban J connectivity index is 3.66.